The highest BCUT2D eigenvalue weighted by Gasteiger charge is 2.07. The Balaban J connectivity index is 3.09. The zero-order valence-corrected chi connectivity index (χ0v) is 16.1. The molecule has 0 rings (SSSR count). The first kappa shape index (κ1) is 22.3. The van der Waals surface area contributed by atoms with Gasteiger partial charge in [0, 0.05) is 0 Å². The fourth-order valence-electron chi connectivity index (χ4n) is 2.69. The van der Waals surface area contributed by atoms with Crippen LogP contribution >= 0.6 is 12.9 Å². The number of hydrogen-bond donors (Lipinski definition) is 1. The first-order chi connectivity index (χ1) is 10.6. The predicted octanol–water partition coefficient (Wildman–Crippen LogP) is 6.05. The van der Waals surface area contributed by atoms with Gasteiger partial charge in [-0.15, -0.1) is 0 Å². The van der Waals surface area contributed by atoms with E-state index in [0.717, 1.165) is 12.8 Å². The van der Waals surface area contributed by atoms with Crippen molar-refractivity contribution >= 4 is 23.0 Å². The zero-order valence-electron chi connectivity index (χ0n) is 14.4. The first-order valence-electron chi connectivity index (χ1n) is 9.18. The van der Waals surface area contributed by atoms with Gasteiger partial charge >= 0.3 is 0 Å². The van der Waals surface area contributed by atoms with Gasteiger partial charge in [0.1, 0.15) is 0 Å². The topological polar surface area (TPSA) is 43.4 Å². The molecule has 3 nitrogen and oxygen atoms in total. The van der Waals surface area contributed by atoms with Crippen LogP contribution in [0.2, 0.25) is 0 Å². The normalized spacial score (nSPS) is 11.9. The van der Waals surface area contributed by atoms with Gasteiger partial charge in [-0.05, 0) is 19.3 Å². The van der Waals surface area contributed by atoms with E-state index in [4.69, 9.17) is 0 Å². The Morgan fingerprint density at radius 1 is 0.636 bits per heavy atom. The van der Waals surface area contributed by atoms with Crippen LogP contribution in [0, 0.1) is 0 Å². The van der Waals surface area contributed by atoms with Crippen molar-refractivity contribution < 1.29 is 12.0 Å². The van der Waals surface area contributed by atoms with Gasteiger partial charge < -0.3 is 0 Å². The van der Waals surface area contributed by atoms with Crippen molar-refractivity contribution in [3.8, 4) is 0 Å². The SMILES string of the molecule is CCCCCCCCCCCCCCCCCS(=O)(=O)OS. The van der Waals surface area contributed by atoms with E-state index in [2.05, 4.69) is 23.5 Å². The molecule has 0 fully saturated rings. The molecule has 0 atom stereocenters. The van der Waals surface area contributed by atoms with E-state index in [1.807, 2.05) is 0 Å². The molecule has 0 heterocycles. The molecule has 0 amide bonds. The number of thiol groups is 1. The third-order valence-corrected chi connectivity index (χ3v) is 5.81. The molecule has 0 radical (unpaired) electrons. The van der Waals surface area contributed by atoms with Gasteiger partial charge in [0.2, 0.25) is 0 Å². The zero-order chi connectivity index (χ0) is 16.5. The summed E-state index contributed by atoms with van der Waals surface area (Å²) in [5.74, 6) is 0.0920. The highest BCUT2D eigenvalue weighted by molar-refractivity contribution is 7.95. The summed E-state index contributed by atoms with van der Waals surface area (Å²) in [4.78, 5) is 0. The van der Waals surface area contributed by atoms with E-state index in [9.17, 15) is 8.42 Å². The Morgan fingerprint density at radius 2 is 0.955 bits per heavy atom. The molecule has 22 heavy (non-hydrogen) atoms. The predicted molar refractivity (Wildman–Crippen MR) is 98.8 cm³/mol. The van der Waals surface area contributed by atoms with E-state index in [-0.39, 0.29) is 5.75 Å². The quantitative estimate of drug-likeness (QED) is 0.197. The van der Waals surface area contributed by atoms with Gasteiger partial charge in [-0.2, -0.15) is 8.42 Å². The van der Waals surface area contributed by atoms with Crippen molar-refractivity contribution in [2.24, 2.45) is 0 Å². The van der Waals surface area contributed by atoms with Crippen LogP contribution in [-0.2, 0) is 13.7 Å². The van der Waals surface area contributed by atoms with Crippen LogP contribution in [0.4, 0.5) is 0 Å². The Kier molecular flexibility index (Phi) is 16.3. The van der Waals surface area contributed by atoms with Crippen LogP contribution in [0.1, 0.15) is 103 Å². The lowest BCUT2D eigenvalue weighted by molar-refractivity contribution is 0.512. The standard InChI is InChI=1S/C17H36O3S2/c1-2-3-4-5-6-7-8-9-10-11-12-13-14-15-16-17-22(18,19)20-21/h21H,2-17H2,1H3. The Morgan fingerprint density at radius 3 is 1.27 bits per heavy atom. The number of rotatable bonds is 17. The average Bonchev–Trinajstić information content (AvgIpc) is 2.51. The fraction of sp³-hybridized carbons (Fsp3) is 1.00. The lowest BCUT2D eigenvalue weighted by Gasteiger charge is -2.03. The van der Waals surface area contributed by atoms with Crippen molar-refractivity contribution in [1.82, 2.24) is 0 Å². The molecule has 0 spiro atoms. The summed E-state index contributed by atoms with van der Waals surface area (Å²) in [7, 11) is -3.37. The van der Waals surface area contributed by atoms with Gasteiger partial charge in [0.05, 0.1) is 5.75 Å². The van der Waals surface area contributed by atoms with E-state index < -0.39 is 10.1 Å². The maximum absolute atomic E-state index is 11.0. The molecule has 0 unspecified atom stereocenters. The van der Waals surface area contributed by atoms with E-state index in [0.29, 0.717) is 6.42 Å². The third-order valence-electron chi connectivity index (χ3n) is 4.11. The molecule has 0 bridgehead atoms. The van der Waals surface area contributed by atoms with Crippen molar-refractivity contribution in [2.75, 3.05) is 5.75 Å². The van der Waals surface area contributed by atoms with Gasteiger partial charge in [-0.1, -0.05) is 96.8 Å². The van der Waals surface area contributed by atoms with Crippen LogP contribution in [0.3, 0.4) is 0 Å². The molecule has 0 aliphatic rings. The van der Waals surface area contributed by atoms with E-state index in [1.165, 1.54) is 77.0 Å². The first-order valence-corrected chi connectivity index (χ1v) is 11.1. The van der Waals surface area contributed by atoms with Crippen molar-refractivity contribution in [1.29, 1.82) is 0 Å². The van der Waals surface area contributed by atoms with Crippen LogP contribution in [0.5, 0.6) is 0 Å². The van der Waals surface area contributed by atoms with Crippen LogP contribution in [0.25, 0.3) is 0 Å². The van der Waals surface area contributed by atoms with Crippen molar-refractivity contribution in [2.45, 2.75) is 103 Å². The highest BCUT2D eigenvalue weighted by Crippen LogP contribution is 2.13. The minimum atomic E-state index is -3.37. The molecule has 0 N–H and O–H groups in total. The summed E-state index contributed by atoms with van der Waals surface area (Å²) >= 11 is 3.34. The summed E-state index contributed by atoms with van der Waals surface area (Å²) in [5, 5.41) is 0. The maximum Gasteiger partial charge on any atom is 0.277 e. The molecule has 0 aromatic carbocycles. The second-order valence-corrected chi connectivity index (χ2v) is 8.41. The minimum absolute atomic E-state index is 0.0920. The van der Waals surface area contributed by atoms with Crippen LogP contribution < -0.4 is 0 Å². The molecular weight excluding hydrogens is 316 g/mol. The van der Waals surface area contributed by atoms with Crippen molar-refractivity contribution in [3.05, 3.63) is 0 Å². The molecule has 0 saturated carbocycles. The van der Waals surface area contributed by atoms with Gasteiger partial charge in [0.25, 0.3) is 10.1 Å². The molecule has 0 aliphatic heterocycles. The van der Waals surface area contributed by atoms with Gasteiger partial charge in [-0.3, -0.25) is 0 Å². The van der Waals surface area contributed by atoms with E-state index in [1.54, 1.807) is 0 Å². The molecule has 0 saturated heterocycles. The minimum Gasteiger partial charge on any atom is -0.201 e. The summed E-state index contributed by atoms with van der Waals surface area (Å²) < 4.78 is 26.2. The Bertz CT molecular complexity index is 316. The lowest BCUT2D eigenvalue weighted by atomic mass is 10.0. The fourth-order valence-corrected chi connectivity index (χ4v) is 3.54. The molecule has 0 aliphatic carbocycles. The smallest absolute Gasteiger partial charge is 0.201 e. The summed E-state index contributed by atoms with van der Waals surface area (Å²) in [5.41, 5.74) is 0. The largest absolute Gasteiger partial charge is 0.277 e. The lowest BCUT2D eigenvalue weighted by Crippen LogP contribution is -2.04. The maximum atomic E-state index is 11.0. The van der Waals surface area contributed by atoms with E-state index >= 15 is 0 Å². The van der Waals surface area contributed by atoms with Gasteiger partial charge in [-0.25, -0.2) is 3.63 Å². The second-order valence-electron chi connectivity index (χ2n) is 6.29. The summed E-state index contributed by atoms with van der Waals surface area (Å²) in [6.45, 7) is 2.26. The van der Waals surface area contributed by atoms with Gasteiger partial charge in [0.15, 0.2) is 0 Å². The third kappa shape index (κ3) is 16.6. The highest BCUT2D eigenvalue weighted by atomic mass is 32.3. The van der Waals surface area contributed by atoms with Crippen LogP contribution in [0.15, 0.2) is 0 Å². The van der Waals surface area contributed by atoms with Crippen LogP contribution in [-0.4, -0.2) is 14.2 Å². The summed E-state index contributed by atoms with van der Waals surface area (Å²) in [6.07, 6.45) is 19.1. The molecule has 0 aromatic heterocycles. The Hall–Kier alpha value is 0.260. The molecule has 134 valence electrons. The number of hydrogen-bond acceptors (Lipinski definition) is 4. The molecule has 5 heteroatoms. The molecular formula is C17H36O3S2. The number of unbranched alkanes of at least 4 members (excludes halogenated alkanes) is 14. The average molecular weight is 353 g/mol. The monoisotopic (exact) mass is 352 g/mol. The second kappa shape index (κ2) is 16.1. The molecule has 0 aromatic rings. The Labute approximate surface area is 144 Å². The van der Waals surface area contributed by atoms with Crippen molar-refractivity contribution in [3.63, 3.8) is 0 Å². The summed E-state index contributed by atoms with van der Waals surface area (Å²) in [6, 6.07) is 0.